The Morgan fingerprint density at radius 3 is 2.21 bits per heavy atom. The molecule has 3 unspecified atom stereocenters. The van der Waals surface area contributed by atoms with E-state index in [4.69, 9.17) is 0 Å². The first-order chi connectivity index (χ1) is 14.4. The summed E-state index contributed by atoms with van der Waals surface area (Å²) in [6, 6.07) is 8.65. The number of likely N-dealkylation sites (tertiary alicyclic amines) is 2. The van der Waals surface area contributed by atoms with Gasteiger partial charge in [-0.15, -0.1) is 0 Å². The first-order valence-electron chi connectivity index (χ1n) is 10.5. The molecule has 0 bridgehead atoms. The number of imidazole rings is 1. The molecule has 0 aromatic carbocycles. The maximum Gasteiger partial charge on any atom is 0.108 e. The molecule has 3 aromatic rings. The van der Waals surface area contributed by atoms with Crippen molar-refractivity contribution in [3.8, 4) is 0 Å². The second-order valence-corrected chi connectivity index (χ2v) is 8.22. The van der Waals surface area contributed by atoms with Gasteiger partial charge in [-0.2, -0.15) is 0 Å². The lowest BCUT2D eigenvalue weighted by molar-refractivity contribution is 0.123. The summed E-state index contributed by atoms with van der Waals surface area (Å²) in [6.07, 6.45) is 17.2. The van der Waals surface area contributed by atoms with Gasteiger partial charge < -0.3 is 4.57 Å². The van der Waals surface area contributed by atoms with Crippen molar-refractivity contribution in [1.29, 1.82) is 0 Å². The average molecular weight is 388 g/mol. The number of rotatable bonds is 6. The largest absolute Gasteiger partial charge is 0.319 e. The highest BCUT2D eigenvalue weighted by Gasteiger charge is 2.33. The third-order valence-corrected chi connectivity index (χ3v) is 6.51. The predicted molar refractivity (Wildman–Crippen MR) is 111 cm³/mol. The molecule has 0 N–H and O–H groups in total. The van der Waals surface area contributed by atoms with Gasteiger partial charge >= 0.3 is 0 Å². The standard InChI is InChI=1S/C23H27N6/c1-7-24-8-2-19(1)21-5-12-27(15-21)17-23(29-14-11-26-18-29)28-13-6-22(16-28)20-3-9-25-10-4-20/h1-4,7-10,14,18,21-23H,5-6,12-13,15-17H2. The fourth-order valence-corrected chi connectivity index (χ4v) is 4.90. The highest BCUT2D eigenvalue weighted by Crippen LogP contribution is 2.33. The zero-order valence-corrected chi connectivity index (χ0v) is 16.6. The van der Waals surface area contributed by atoms with Crippen LogP contribution in [0.25, 0.3) is 0 Å². The normalized spacial score (nSPS) is 24.1. The van der Waals surface area contributed by atoms with E-state index in [0.29, 0.717) is 18.0 Å². The Balaban J connectivity index is 1.28. The summed E-state index contributed by atoms with van der Waals surface area (Å²) < 4.78 is 2.23. The summed E-state index contributed by atoms with van der Waals surface area (Å²) in [5, 5.41) is 0. The van der Waals surface area contributed by atoms with E-state index in [2.05, 4.69) is 59.8 Å². The third-order valence-electron chi connectivity index (χ3n) is 6.51. The van der Waals surface area contributed by atoms with Gasteiger partial charge in [0.2, 0.25) is 0 Å². The van der Waals surface area contributed by atoms with Crippen LogP contribution in [0.2, 0.25) is 0 Å². The van der Waals surface area contributed by atoms with Crippen molar-refractivity contribution in [2.75, 3.05) is 32.7 Å². The lowest BCUT2D eigenvalue weighted by atomic mass is 10.00. The second kappa shape index (κ2) is 8.43. The van der Waals surface area contributed by atoms with Crippen molar-refractivity contribution < 1.29 is 0 Å². The summed E-state index contributed by atoms with van der Waals surface area (Å²) in [5.41, 5.74) is 2.81. The van der Waals surface area contributed by atoms with Crippen molar-refractivity contribution in [3.63, 3.8) is 0 Å². The summed E-state index contributed by atoms with van der Waals surface area (Å²) >= 11 is 0. The van der Waals surface area contributed by atoms with Gasteiger partial charge in [-0.1, -0.05) is 0 Å². The van der Waals surface area contributed by atoms with Crippen molar-refractivity contribution in [2.45, 2.75) is 30.8 Å². The number of pyridine rings is 2. The van der Waals surface area contributed by atoms with E-state index >= 15 is 0 Å². The number of hydrogen-bond acceptors (Lipinski definition) is 5. The van der Waals surface area contributed by atoms with Crippen molar-refractivity contribution in [3.05, 3.63) is 78.9 Å². The zero-order chi connectivity index (χ0) is 19.5. The highest BCUT2D eigenvalue weighted by atomic mass is 15.3. The van der Waals surface area contributed by atoms with Gasteiger partial charge in [0.05, 0.1) is 6.33 Å². The maximum absolute atomic E-state index is 4.21. The van der Waals surface area contributed by atoms with Gasteiger partial charge in [-0.05, 0) is 66.6 Å². The first kappa shape index (κ1) is 18.5. The van der Waals surface area contributed by atoms with E-state index in [-0.39, 0.29) is 0 Å². The van der Waals surface area contributed by atoms with Crippen LogP contribution >= 0.6 is 0 Å². The van der Waals surface area contributed by atoms with Crippen molar-refractivity contribution in [1.82, 2.24) is 29.3 Å². The molecule has 29 heavy (non-hydrogen) atoms. The molecule has 1 radical (unpaired) electrons. The molecule has 6 nitrogen and oxygen atoms in total. The average Bonchev–Trinajstić information content (AvgIpc) is 3.55. The third kappa shape index (κ3) is 4.09. The van der Waals surface area contributed by atoms with E-state index in [1.807, 2.05) is 37.3 Å². The van der Waals surface area contributed by atoms with Crippen LogP contribution in [0.5, 0.6) is 0 Å². The maximum atomic E-state index is 4.21. The van der Waals surface area contributed by atoms with E-state index in [9.17, 15) is 0 Å². The molecule has 6 heteroatoms. The zero-order valence-electron chi connectivity index (χ0n) is 16.6. The fourth-order valence-electron chi connectivity index (χ4n) is 4.90. The molecule has 2 aliphatic heterocycles. The second-order valence-electron chi connectivity index (χ2n) is 8.22. The molecular formula is C23H27N6. The minimum atomic E-state index is 0.303. The molecule has 0 aliphatic carbocycles. The predicted octanol–water partition coefficient (Wildman–Crippen LogP) is 2.95. The molecule has 3 atom stereocenters. The van der Waals surface area contributed by atoms with Gasteiger partial charge in [0.25, 0.3) is 0 Å². The van der Waals surface area contributed by atoms with Crippen LogP contribution in [-0.4, -0.2) is 62.0 Å². The van der Waals surface area contributed by atoms with Gasteiger partial charge in [-0.3, -0.25) is 19.8 Å². The quantitative estimate of drug-likeness (QED) is 0.651. The van der Waals surface area contributed by atoms with Crippen molar-refractivity contribution >= 4 is 0 Å². The SMILES string of the molecule is [c]1cn(C(CN2CCC(c3ccncc3)C2)N2CCC(c3ccncc3)C2)cn1. The van der Waals surface area contributed by atoms with Crippen LogP contribution in [0.15, 0.2) is 61.6 Å². The minimum Gasteiger partial charge on any atom is -0.319 e. The van der Waals surface area contributed by atoms with Crippen LogP contribution in [0, 0.1) is 6.20 Å². The molecule has 3 aromatic heterocycles. The molecule has 2 fully saturated rings. The number of aromatic nitrogens is 4. The van der Waals surface area contributed by atoms with E-state index in [0.717, 1.165) is 32.7 Å². The number of hydrogen-bond donors (Lipinski definition) is 0. The van der Waals surface area contributed by atoms with Gasteiger partial charge in [-0.25, -0.2) is 4.98 Å². The van der Waals surface area contributed by atoms with E-state index in [1.54, 1.807) is 0 Å². The topological polar surface area (TPSA) is 50.1 Å². The lowest BCUT2D eigenvalue weighted by Gasteiger charge is -2.32. The van der Waals surface area contributed by atoms with Gasteiger partial charge in [0.1, 0.15) is 12.4 Å². The molecule has 2 aliphatic rings. The first-order valence-corrected chi connectivity index (χ1v) is 10.5. The summed E-state index contributed by atoms with van der Waals surface area (Å²) in [6.45, 7) is 5.46. The smallest absolute Gasteiger partial charge is 0.108 e. The molecule has 5 rings (SSSR count). The molecule has 149 valence electrons. The Morgan fingerprint density at radius 2 is 1.55 bits per heavy atom. The van der Waals surface area contributed by atoms with Crippen LogP contribution < -0.4 is 0 Å². The Kier molecular flexibility index (Phi) is 5.37. The lowest BCUT2D eigenvalue weighted by Crippen LogP contribution is -2.39. The van der Waals surface area contributed by atoms with Crippen LogP contribution in [-0.2, 0) is 0 Å². The monoisotopic (exact) mass is 387 g/mol. The summed E-state index contributed by atoms with van der Waals surface area (Å²) in [7, 11) is 0. The van der Waals surface area contributed by atoms with Gasteiger partial charge in [0.15, 0.2) is 0 Å². The Hall–Kier alpha value is -2.57. The van der Waals surface area contributed by atoms with Gasteiger partial charge in [0, 0.05) is 57.2 Å². The van der Waals surface area contributed by atoms with Crippen LogP contribution in [0.1, 0.15) is 42.0 Å². The van der Waals surface area contributed by atoms with E-state index < -0.39 is 0 Å². The molecule has 0 saturated carbocycles. The summed E-state index contributed by atoms with van der Waals surface area (Å²) in [5.74, 6) is 1.19. The molecular weight excluding hydrogens is 360 g/mol. The van der Waals surface area contributed by atoms with Crippen LogP contribution in [0.4, 0.5) is 0 Å². The molecule has 2 saturated heterocycles. The number of nitrogens with zero attached hydrogens (tertiary/aromatic N) is 6. The Labute approximate surface area is 172 Å². The summed E-state index contributed by atoms with van der Waals surface area (Å²) in [4.78, 5) is 17.8. The van der Waals surface area contributed by atoms with Crippen LogP contribution in [0.3, 0.4) is 0 Å². The highest BCUT2D eigenvalue weighted by molar-refractivity contribution is 5.19. The molecule has 0 spiro atoms. The Bertz CT molecular complexity index is 882. The van der Waals surface area contributed by atoms with Crippen molar-refractivity contribution in [2.24, 2.45) is 0 Å². The Morgan fingerprint density at radius 1 is 0.897 bits per heavy atom. The fraction of sp³-hybridized carbons (Fsp3) is 0.435. The molecule has 5 heterocycles. The molecule has 0 amide bonds. The minimum absolute atomic E-state index is 0.303. The van der Waals surface area contributed by atoms with E-state index in [1.165, 1.54) is 24.0 Å².